The van der Waals surface area contributed by atoms with Crippen molar-refractivity contribution >= 4 is 54.9 Å². The zero-order valence-corrected chi connectivity index (χ0v) is 13.4. The number of aromatic nitrogens is 1. The highest BCUT2D eigenvalue weighted by Gasteiger charge is 2.25. The van der Waals surface area contributed by atoms with Crippen LogP contribution in [0.25, 0.3) is 21.0 Å². The largest absolute Gasteiger partial charge is 0.508 e. The van der Waals surface area contributed by atoms with Crippen LogP contribution >= 0.6 is 23.1 Å². The van der Waals surface area contributed by atoms with Crippen LogP contribution in [0.5, 0.6) is 5.75 Å². The monoisotopic (exact) mass is 328 g/mol. The maximum atomic E-state index is 11.4. The van der Waals surface area contributed by atoms with E-state index in [2.05, 4.69) is 9.98 Å². The first-order chi connectivity index (χ1) is 10.6. The van der Waals surface area contributed by atoms with Gasteiger partial charge in [0.1, 0.15) is 21.8 Å². The van der Waals surface area contributed by atoms with E-state index in [9.17, 15) is 9.90 Å². The lowest BCUT2D eigenvalue weighted by Crippen LogP contribution is -2.14. The lowest BCUT2D eigenvalue weighted by molar-refractivity contribution is -0.117. The number of aromatic hydroxyl groups is 1. The summed E-state index contributed by atoms with van der Waals surface area (Å²) < 4.78 is 1.09. The number of hydrogen-bond donors (Lipinski definition) is 1. The molecule has 1 aliphatic rings. The minimum absolute atomic E-state index is 0.101. The molecule has 1 atom stereocenters. The molecule has 0 saturated heterocycles. The van der Waals surface area contributed by atoms with E-state index >= 15 is 0 Å². The van der Waals surface area contributed by atoms with Crippen molar-refractivity contribution in [2.45, 2.75) is 13.0 Å². The second-order valence-electron chi connectivity index (χ2n) is 5.21. The quantitative estimate of drug-likeness (QED) is 0.780. The molecule has 4 nitrogen and oxygen atoms in total. The Hall–Kier alpha value is -1.92. The second kappa shape index (κ2) is 5.07. The van der Waals surface area contributed by atoms with E-state index in [1.807, 2.05) is 18.2 Å². The summed E-state index contributed by atoms with van der Waals surface area (Å²) >= 11 is 3.18. The van der Waals surface area contributed by atoms with Crippen molar-refractivity contribution in [3.05, 3.63) is 35.3 Å². The summed E-state index contributed by atoms with van der Waals surface area (Å²) in [5.74, 6) is 1.07. The van der Waals surface area contributed by atoms with Gasteiger partial charge in [0.25, 0.3) is 0 Å². The summed E-state index contributed by atoms with van der Waals surface area (Å²) in [6.45, 7) is 1.58. The fraction of sp³-hybridized carbons (Fsp3) is 0.188. The Morgan fingerprint density at radius 1 is 1.32 bits per heavy atom. The number of phenolic OH excluding ortho intramolecular Hbond substituents is 1. The molecule has 4 rings (SSSR count). The van der Waals surface area contributed by atoms with Crippen LogP contribution in [0.4, 0.5) is 0 Å². The fourth-order valence-electron chi connectivity index (χ4n) is 2.49. The molecule has 1 unspecified atom stereocenters. The molecule has 3 aromatic rings. The Morgan fingerprint density at radius 2 is 2.18 bits per heavy atom. The number of hydrogen-bond acceptors (Lipinski definition) is 6. The van der Waals surface area contributed by atoms with E-state index in [0.29, 0.717) is 5.75 Å². The number of thioether (sulfide) groups is 1. The Kier molecular flexibility index (Phi) is 3.16. The van der Waals surface area contributed by atoms with Crippen molar-refractivity contribution in [3.8, 4) is 5.75 Å². The van der Waals surface area contributed by atoms with Gasteiger partial charge in [0.15, 0.2) is 5.78 Å². The first-order valence-electron chi connectivity index (χ1n) is 6.85. The van der Waals surface area contributed by atoms with E-state index in [0.717, 1.165) is 31.0 Å². The number of phenols is 1. The summed E-state index contributed by atoms with van der Waals surface area (Å²) in [7, 11) is 0. The molecule has 0 aliphatic carbocycles. The minimum Gasteiger partial charge on any atom is -0.508 e. The van der Waals surface area contributed by atoms with Gasteiger partial charge in [-0.1, -0.05) is 6.07 Å². The third-order valence-electron chi connectivity index (χ3n) is 3.66. The van der Waals surface area contributed by atoms with Crippen molar-refractivity contribution < 1.29 is 9.90 Å². The third kappa shape index (κ3) is 2.19. The Balaban J connectivity index is 1.86. The first-order valence-corrected chi connectivity index (χ1v) is 8.66. The molecular formula is C16H12N2O2S2. The van der Waals surface area contributed by atoms with Crippen molar-refractivity contribution in [2.75, 3.05) is 5.75 Å². The van der Waals surface area contributed by atoms with E-state index < -0.39 is 0 Å². The highest BCUT2D eigenvalue weighted by Crippen LogP contribution is 2.35. The summed E-state index contributed by atoms with van der Waals surface area (Å²) in [6.07, 6.45) is 0. The first kappa shape index (κ1) is 13.7. The lowest BCUT2D eigenvalue weighted by Gasteiger charge is -1.98. The highest BCUT2D eigenvalue weighted by molar-refractivity contribution is 8.15. The summed E-state index contributed by atoms with van der Waals surface area (Å²) in [5, 5.41) is 13.4. The number of rotatable bonds is 2. The SMILES string of the molecule is CC(=O)C1CSC(c2nc3ccc4cc(O)ccc4c3s2)=N1. The van der Waals surface area contributed by atoms with Crippen LogP contribution in [0.1, 0.15) is 11.9 Å². The van der Waals surface area contributed by atoms with Gasteiger partial charge < -0.3 is 5.11 Å². The average Bonchev–Trinajstić information content (AvgIpc) is 3.13. The molecule has 2 aromatic carbocycles. The molecule has 0 amide bonds. The number of carbonyl (C=O) groups is 1. The molecule has 0 bridgehead atoms. The fourth-order valence-corrected chi connectivity index (χ4v) is 4.78. The van der Waals surface area contributed by atoms with Gasteiger partial charge in [-0.15, -0.1) is 23.1 Å². The normalized spacial score (nSPS) is 18.0. The van der Waals surface area contributed by atoms with Gasteiger partial charge in [0, 0.05) is 11.1 Å². The summed E-state index contributed by atoms with van der Waals surface area (Å²) in [6, 6.07) is 9.04. The van der Waals surface area contributed by atoms with Gasteiger partial charge in [0.2, 0.25) is 0 Å². The zero-order valence-electron chi connectivity index (χ0n) is 11.7. The molecule has 0 spiro atoms. The van der Waals surface area contributed by atoms with Crippen LogP contribution in [0, 0.1) is 0 Å². The van der Waals surface area contributed by atoms with Gasteiger partial charge in [-0.05, 0) is 36.6 Å². The van der Waals surface area contributed by atoms with Crippen molar-refractivity contribution in [1.29, 1.82) is 0 Å². The van der Waals surface area contributed by atoms with Crippen LogP contribution < -0.4 is 0 Å². The molecule has 22 heavy (non-hydrogen) atoms. The molecule has 1 aliphatic heterocycles. The molecule has 2 heterocycles. The third-order valence-corrected chi connectivity index (χ3v) is 5.95. The molecule has 1 N–H and O–H groups in total. The Morgan fingerprint density at radius 3 is 2.95 bits per heavy atom. The molecule has 1 aromatic heterocycles. The predicted molar refractivity (Wildman–Crippen MR) is 92.3 cm³/mol. The number of ketones is 1. The van der Waals surface area contributed by atoms with E-state index in [-0.39, 0.29) is 17.6 Å². The number of nitrogens with zero attached hydrogens (tertiary/aromatic N) is 2. The minimum atomic E-state index is -0.235. The van der Waals surface area contributed by atoms with Crippen LogP contribution in [-0.2, 0) is 4.79 Å². The standard InChI is InChI=1S/C16H12N2O2S2/c1-8(19)13-7-21-15(18-13)16-17-12-5-2-9-6-10(20)3-4-11(9)14(12)22-16/h2-6,13,20H,7H2,1H3. The maximum absolute atomic E-state index is 11.4. The molecule has 0 saturated carbocycles. The predicted octanol–water partition coefficient (Wildman–Crippen LogP) is 3.61. The van der Waals surface area contributed by atoms with Crippen LogP contribution in [0.15, 0.2) is 35.3 Å². The topological polar surface area (TPSA) is 62.5 Å². The lowest BCUT2D eigenvalue weighted by atomic mass is 10.1. The summed E-state index contributed by atoms with van der Waals surface area (Å²) in [4.78, 5) is 20.6. The van der Waals surface area contributed by atoms with Crippen LogP contribution in [0.3, 0.4) is 0 Å². The number of Topliss-reactive ketones (excluding diaryl/α,β-unsaturated/α-hetero) is 1. The molecule has 0 radical (unpaired) electrons. The van der Waals surface area contributed by atoms with E-state index in [4.69, 9.17) is 0 Å². The van der Waals surface area contributed by atoms with Gasteiger partial charge in [-0.25, -0.2) is 4.98 Å². The molecule has 6 heteroatoms. The number of thiazole rings is 1. The van der Waals surface area contributed by atoms with E-state index in [1.165, 1.54) is 0 Å². The molecular weight excluding hydrogens is 316 g/mol. The Labute approximate surface area is 134 Å². The number of carbonyl (C=O) groups excluding carboxylic acids is 1. The van der Waals surface area contributed by atoms with Crippen molar-refractivity contribution in [1.82, 2.24) is 4.98 Å². The van der Waals surface area contributed by atoms with Crippen molar-refractivity contribution in [3.63, 3.8) is 0 Å². The number of aliphatic imine (C=N–C) groups is 1. The molecule has 110 valence electrons. The number of benzene rings is 2. The number of fused-ring (bicyclic) bond motifs is 3. The van der Waals surface area contributed by atoms with Crippen LogP contribution in [-0.4, -0.2) is 32.7 Å². The highest BCUT2D eigenvalue weighted by atomic mass is 32.2. The average molecular weight is 328 g/mol. The van der Waals surface area contributed by atoms with Crippen molar-refractivity contribution in [2.24, 2.45) is 4.99 Å². The van der Waals surface area contributed by atoms with E-state index in [1.54, 1.807) is 42.2 Å². The van der Waals surface area contributed by atoms with Crippen LogP contribution in [0.2, 0.25) is 0 Å². The van der Waals surface area contributed by atoms with Gasteiger partial charge in [0.05, 0.1) is 10.2 Å². The smallest absolute Gasteiger partial charge is 0.155 e. The second-order valence-corrected chi connectivity index (χ2v) is 7.22. The maximum Gasteiger partial charge on any atom is 0.155 e. The molecule has 0 fully saturated rings. The summed E-state index contributed by atoms with van der Waals surface area (Å²) in [5.41, 5.74) is 0.924. The van der Waals surface area contributed by atoms with Gasteiger partial charge in [-0.2, -0.15) is 0 Å². The zero-order chi connectivity index (χ0) is 15.3. The Bertz CT molecular complexity index is 946. The van der Waals surface area contributed by atoms with Gasteiger partial charge in [-0.3, -0.25) is 9.79 Å². The van der Waals surface area contributed by atoms with Gasteiger partial charge >= 0.3 is 0 Å².